The highest BCUT2D eigenvalue weighted by Gasteiger charge is 2.19. The van der Waals surface area contributed by atoms with Crippen LogP contribution in [-0.4, -0.2) is 27.0 Å². The first kappa shape index (κ1) is 21.4. The second-order valence-corrected chi connectivity index (χ2v) is 8.99. The minimum atomic E-state index is -0.242. The van der Waals surface area contributed by atoms with Crippen LogP contribution < -0.4 is 10.9 Å². The number of fused-ring (bicyclic) bond motifs is 2. The molecule has 8 heteroatoms. The van der Waals surface area contributed by atoms with Crippen molar-refractivity contribution in [2.45, 2.75) is 18.0 Å². The van der Waals surface area contributed by atoms with Gasteiger partial charge in [0.05, 0.1) is 27.4 Å². The lowest BCUT2D eigenvalue weighted by Crippen LogP contribution is -2.22. The average molecular weight is 476 g/mol. The van der Waals surface area contributed by atoms with E-state index in [4.69, 9.17) is 11.6 Å². The first-order valence-electron chi connectivity index (χ1n) is 10.4. The number of Topliss-reactive ketones (excluding diaryl/α,β-unsaturated/α-hetero) is 1. The minimum Gasteiger partial charge on any atom is -0.326 e. The number of carbonyl (C=O) groups excluding carboxylic acids is 2. The molecule has 0 saturated carbocycles. The molecule has 164 valence electrons. The zero-order valence-electron chi connectivity index (χ0n) is 17.4. The van der Waals surface area contributed by atoms with Gasteiger partial charge in [0, 0.05) is 17.7 Å². The zero-order valence-corrected chi connectivity index (χ0v) is 18.9. The fraction of sp³-hybridized carbons (Fsp3) is 0.120. The third kappa shape index (κ3) is 4.17. The number of carbonyl (C=O) groups is 2. The Bertz CT molecular complexity index is 1480. The van der Waals surface area contributed by atoms with E-state index in [9.17, 15) is 14.4 Å². The Morgan fingerprint density at radius 2 is 1.82 bits per heavy atom. The summed E-state index contributed by atoms with van der Waals surface area (Å²) >= 11 is 7.59. The Morgan fingerprint density at radius 3 is 2.67 bits per heavy atom. The first-order chi connectivity index (χ1) is 16.0. The van der Waals surface area contributed by atoms with Gasteiger partial charge in [0.15, 0.2) is 10.9 Å². The van der Waals surface area contributed by atoms with Gasteiger partial charge in [0.2, 0.25) is 5.91 Å². The van der Waals surface area contributed by atoms with Crippen LogP contribution in [-0.2, 0) is 11.2 Å². The van der Waals surface area contributed by atoms with E-state index in [1.165, 1.54) is 16.3 Å². The van der Waals surface area contributed by atoms with Gasteiger partial charge in [-0.25, -0.2) is 4.98 Å². The molecule has 3 aromatic carbocycles. The molecule has 1 amide bonds. The molecule has 0 spiro atoms. The van der Waals surface area contributed by atoms with Crippen LogP contribution >= 0.6 is 23.4 Å². The molecule has 5 rings (SSSR count). The molecule has 1 N–H and O–H groups in total. The Hall–Kier alpha value is -3.42. The molecule has 4 aromatic rings. The lowest BCUT2D eigenvalue weighted by molar-refractivity contribution is -0.116. The van der Waals surface area contributed by atoms with Crippen molar-refractivity contribution in [3.8, 4) is 5.69 Å². The van der Waals surface area contributed by atoms with Crippen LogP contribution in [0.15, 0.2) is 76.7 Å². The van der Waals surface area contributed by atoms with E-state index >= 15 is 0 Å². The largest absolute Gasteiger partial charge is 0.326 e. The molecule has 0 bridgehead atoms. The molecule has 6 nitrogen and oxygen atoms in total. The summed E-state index contributed by atoms with van der Waals surface area (Å²) in [5.41, 5.74) is 3.09. The molecule has 1 aliphatic rings. The van der Waals surface area contributed by atoms with E-state index in [0.29, 0.717) is 45.2 Å². The maximum Gasteiger partial charge on any atom is 0.266 e. The van der Waals surface area contributed by atoms with Gasteiger partial charge < -0.3 is 5.32 Å². The number of halogens is 1. The van der Waals surface area contributed by atoms with Crippen LogP contribution in [0.25, 0.3) is 16.6 Å². The van der Waals surface area contributed by atoms with Crippen molar-refractivity contribution in [1.82, 2.24) is 9.55 Å². The number of rotatable bonds is 5. The van der Waals surface area contributed by atoms with Gasteiger partial charge in [0.25, 0.3) is 5.56 Å². The van der Waals surface area contributed by atoms with Crippen LogP contribution in [0.1, 0.15) is 22.3 Å². The molecule has 1 aromatic heterocycles. The van der Waals surface area contributed by atoms with Crippen LogP contribution in [0.4, 0.5) is 5.69 Å². The Balaban J connectivity index is 1.50. The maximum absolute atomic E-state index is 13.3. The number of hydrogen-bond donors (Lipinski definition) is 1. The minimum absolute atomic E-state index is 0.0166. The molecule has 0 saturated heterocycles. The molecule has 0 radical (unpaired) electrons. The number of amides is 1. The molecule has 0 aliphatic carbocycles. The molecule has 33 heavy (non-hydrogen) atoms. The third-order valence-electron chi connectivity index (χ3n) is 5.49. The van der Waals surface area contributed by atoms with Crippen LogP contribution in [0.3, 0.4) is 0 Å². The van der Waals surface area contributed by atoms with Gasteiger partial charge in [-0.1, -0.05) is 47.6 Å². The number of thioether (sulfide) groups is 1. The summed E-state index contributed by atoms with van der Waals surface area (Å²) in [5, 5.41) is 4.11. The SMILES string of the molecule is O=C1CCc2cc(C(=O)CSc3nc4ccccc4c(=O)n3-c3ccccc3Cl)ccc2N1. The second-order valence-electron chi connectivity index (χ2n) is 7.64. The summed E-state index contributed by atoms with van der Waals surface area (Å²) < 4.78 is 1.46. The van der Waals surface area contributed by atoms with E-state index < -0.39 is 0 Å². The lowest BCUT2D eigenvalue weighted by atomic mass is 9.99. The number of para-hydroxylation sites is 2. The van der Waals surface area contributed by atoms with Gasteiger partial charge in [-0.05, 0) is 54.4 Å². The van der Waals surface area contributed by atoms with Crippen LogP contribution in [0, 0.1) is 0 Å². The van der Waals surface area contributed by atoms with E-state index in [0.717, 1.165) is 11.3 Å². The van der Waals surface area contributed by atoms with Crippen molar-refractivity contribution in [2.24, 2.45) is 0 Å². The number of nitrogens with one attached hydrogen (secondary N) is 1. The highest BCUT2D eigenvalue weighted by Crippen LogP contribution is 2.28. The molecule has 2 heterocycles. The number of ketones is 1. The van der Waals surface area contributed by atoms with Gasteiger partial charge in [0.1, 0.15) is 0 Å². The van der Waals surface area contributed by atoms with Gasteiger partial charge >= 0.3 is 0 Å². The molecule has 0 fully saturated rings. The topological polar surface area (TPSA) is 81.1 Å². The van der Waals surface area contributed by atoms with E-state index in [1.807, 2.05) is 12.1 Å². The summed E-state index contributed by atoms with van der Waals surface area (Å²) in [6.07, 6.45) is 1.01. The highest BCUT2D eigenvalue weighted by molar-refractivity contribution is 7.99. The number of aryl methyl sites for hydroxylation is 1. The summed E-state index contributed by atoms with van der Waals surface area (Å²) in [6, 6.07) is 19.5. The summed E-state index contributed by atoms with van der Waals surface area (Å²) in [4.78, 5) is 42.6. The predicted molar refractivity (Wildman–Crippen MR) is 131 cm³/mol. The Morgan fingerprint density at radius 1 is 1.03 bits per heavy atom. The monoisotopic (exact) mass is 475 g/mol. The third-order valence-corrected chi connectivity index (χ3v) is 6.75. The van der Waals surface area contributed by atoms with Crippen molar-refractivity contribution in [1.29, 1.82) is 0 Å². The Labute approximate surface area is 198 Å². The fourth-order valence-electron chi connectivity index (χ4n) is 3.82. The Kier molecular flexibility index (Phi) is 5.74. The standard InChI is InChI=1S/C25H18ClN3O3S/c26-18-6-2-4-8-21(18)29-24(32)17-5-1-3-7-20(17)28-25(29)33-14-22(30)16-9-11-19-15(13-16)10-12-23(31)27-19/h1-9,11,13H,10,12,14H2,(H,27,31). The van der Waals surface area contributed by atoms with E-state index in [1.54, 1.807) is 54.6 Å². The molecule has 0 atom stereocenters. The lowest BCUT2D eigenvalue weighted by Gasteiger charge is -2.17. The predicted octanol–water partition coefficient (Wildman–Crippen LogP) is 4.90. The van der Waals surface area contributed by atoms with E-state index in [2.05, 4.69) is 10.3 Å². The second kappa shape index (κ2) is 8.84. The number of nitrogens with zero attached hydrogens (tertiary/aromatic N) is 2. The van der Waals surface area contributed by atoms with Crippen LogP contribution in [0.2, 0.25) is 5.02 Å². The van der Waals surface area contributed by atoms with Crippen molar-refractivity contribution >= 4 is 51.6 Å². The number of benzene rings is 3. The maximum atomic E-state index is 13.3. The quantitative estimate of drug-likeness (QED) is 0.252. The summed E-state index contributed by atoms with van der Waals surface area (Å²) in [5.74, 6) is -0.00900. The molecular formula is C25H18ClN3O3S. The van der Waals surface area contributed by atoms with Crippen molar-refractivity contribution in [3.63, 3.8) is 0 Å². The number of anilines is 1. The highest BCUT2D eigenvalue weighted by atomic mass is 35.5. The van der Waals surface area contributed by atoms with Gasteiger partial charge in [-0.3, -0.25) is 19.0 Å². The van der Waals surface area contributed by atoms with Crippen molar-refractivity contribution in [2.75, 3.05) is 11.1 Å². The average Bonchev–Trinajstić information content (AvgIpc) is 2.83. The number of hydrogen-bond acceptors (Lipinski definition) is 5. The van der Waals surface area contributed by atoms with Gasteiger partial charge in [-0.15, -0.1) is 0 Å². The molecular weight excluding hydrogens is 458 g/mol. The van der Waals surface area contributed by atoms with E-state index in [-0.39, 0.29) is 23.0 Å². The molecule has 0 unspecified atom stereocenters. The molecule has 1 aliphatic heterocycles. The van der Waals surface area contributed by atoms with Gasteiger partial charge in [-0.2, -0.15) is 0 Å². The van der Waals surface area contributed by atoms with Crippen molar-refractivity contribution in [3.05, 3.63) is 93.2 Å². The first-order valence-corrected chi connectivity index (χ1v) is 11.7. The summed E-state index contributed by atoms with van der Waals surface area (Å²) in [7, 11) is 0. The smallest absolute Gasteiger partial charge is 0.266 e. The number of aromatic nitrogens is 2. The normalized spacial score (nSPS) is 12.9. The zero-order chi connectivity index (χ0) is 22.9. The van der Waals surface area contributed by atoms with Crippen LogP contribution in [0.5, 0.6) is 0 Å². The fourth-order valence-corrected chi connectivity index (χ4v) is 4.95. The van der Waals surface area contributed by atoms with Crippen molar-refractivity contribution < 1.29 is 9.59 Å². The summed E-state index contributed by atoms with van der Waals surface area (Å²) in [6.45, 7) is 0.